The van der Waals surface area contributed by atoms with Gasteiger partial charge in [-0.05, 0) is 58.0 Å². The van der Waals surface area contributed by atoms with Gasteiger partial charge >= 0.3 is 11.9 Å². The number of carbonyl (C=O) groups is 2. The second-order valence-electron chi connectivity index (χ2n) is 15.0. The molecule has 4 aromatic heterocycles. The van der Waals surface area contributed by atoms with E-state index in [0.29, 0.717) is 108 Å². The topological polar surface area (TPSA) is 189 Å². The van der Waals surface area contributed by atoms with Crippen molar-refractivity contribution in [3.05, 3.63) is 59.2 Å². The SMILES string of the molecule is CCOC(=O)c1c(C)[nH]c2ncc(-c3cc(OC)c(OC)c(OC)c3)nc12.CCOC(=O)c1c(C)n(COCC[Si](C)(C)C)c2ncc(-c3cc(OC)c(OC)c(OC)c3)nc12. The number of H-pyrrole nitrogens is 1. The molecule has 0 unspecified atom stereocenters. The molecule has 6 aromatic rings. The van der Waals surface area contributed by atoms with E-state index in [9.17, 15) is 9.59 Å². The summed E-state index contributed by atoms with van der Waals surface area (Å²) in [4.78, 5) is 46.8. The first-order valence-corrected chi connectivity index (χ1v) is 23.6. The van der Waals surface area contributed by atoms with Crippen molar-refractivity contribution in [1.29, 1.82) is 0 Å². The minimum absolute atomic E-state index is 0.262. The second kappa shape index (κ2) is 20.4. The van der Waals surface area contributed by atoms with Crippen LogP contribution in [0.2, 0.25) is 25.7 Å². The number of aromatic nitrogens is 6. The van der Waals surface area contributed by atoms with Crippen LogP contribution in [-0.2, 0) is 20.9 Å². The molecule has 0 spiro atoms. The highest BCUT2D eigenvalue weighted by atomic mass is 28.3. The van der Waals surface area contributed by atoms with Gasteiger partial charge in [-0.3, -0.25) is 0 Å². The number of rotatable bonds is 17. The van der Waals surface area contributed by atoms with E-state index >= 15 is 0 Å². The summed E-state index contributed by atoms with van der Waals surface area (Å²) in [6, 6.07) is 8.20. The Bertz CT molecular complexity index is 2500. The molecule has 6 rings (SSSR count). The normalized spacial score (nSPS) is 11.2. The molecule has 0 saturated carbocycles. The van der Waals surface area contributed by atoms with Crippen LogP contribution in [0.1, 0.15) is 46.0 Å². The maximum atomic E-state index is 12.9. The van der Waals surface area contributed by atoms with E-state index in [1.807, 2.05) is 11.5 Å². The Labute approximate surface area is 362 Å². The fraction of sp³-hybridized carbons (Fsp3) is 0.409. The molecule has 0 amide bonds. The van der Waals surface area contributed by atoms with Crippen molar-refractivity contribution in [2.45, 2.75) is 60.1 Å². The highest BCUT2D eigenvalue weighted by molar-refractivity contribution is 6.76. The molecule has 0 bridgehead atoms. The molecule has 0 aliphatic carbocycles. The van der Waals surface area contributed by atoms with Gasteiger partial charge in [0.1, 0.15) is 28.9 Å². The van der Waals surface area contributed by atoms with Crippen LogP contribution < -0.4 is 28.4 Å². The van der Waals surface area contributed by atoms with Gasteiger partial charge in [-0.15, -0.1) is 0 Å². The van der Waals surface area contributed by atoms with Crippen LogP contribution in [0, 0.1) is 13.8 Å². The van der Waals surface area contributed by atoms with Crippen LogP contribution in [0.4, 0.5) is 0 Å². The lowest BCUT2D eigenvalue weighted by atomic mass is 10.1. The molecule has 17 nitrogen and oxygen atoms in total. The number of nitrogens with zero attached hydrogens (tertiary/aromatic N) is 5. The van der Waals surface area contributed by atoms with Gasteiger partial charge in [0, 0.05) is 37.2 Å². The summed E-state index contributed by atoms with van der Waals surface area (Å²) in [6.45, 7) is 15.6. The predicted octanol–water partition coefficient (Wildman–Crippen LogP) is 8.06. The molecule has 0 saturated heterocycles. The van der Waals surface area contributed by atoms with Gasteiger partial charge in [-0.2, -0.15) is 0 Å². The molecule has 332 valence electrons. The molecular weight excluding hydrogens is 817 g/mol. The van der Waals surface area contributed by atoms with Gasteiger partial charge < -0.3 is 52.2 Å². The average molecular weight is 873 g/mol. The lowest BCUT2D eigenvalue weighted by Gasteiger charge is -2.16. The van der Waals surface area contributed by atoms with Crippen LogP contribution in [-0.4, -0.2) is 112 Å². The molecule has 4 heterocycles. The largest absolute Gasteiger partial charge is 0.493 e. The Morgan fingerprint density at radius 1 is 0.661 bits per heavy atom. The minimum Gasteiger partial charge on any atom is -0.493 e. The zero-order valence-electron chi connectivity index (χ0n) is 37.7. The first kappa shape index (κ1) is 46.7. The Morgan fingerprint density at radius 2 is 1.13 bits per heavy atom. The summed E-state index contributed by atoms with van der Waals surface area (Å²) >= 11 is 0. The molecule has 0 aliphatic rings. The van der Waals surface area contributed by atoms with E-state index in [4.69, 9.17) is 47.6 Å². The summed E-state index contributed by atoms with van der Waals surface area (Å²) < 4.78 is 50.8. The number of hydrogen-bond acceptors (Lipinski definition) is 15. The number of nitrogens with one attached hydrogen (secondary N) is 1. The van der Waals surface area contributed by atoms with E-state index in [1.165, 1.54) is 0 Å². The third kappa shape index (κ3) is 10.0. The molecule has 0 atom stereocenters. The van der Waals surface area contributed by atoms with E-state index in [1.54, 1.807) is 100 Å². The number of esters is 2. The summed E-state index contributed by atoms with van der Waals surface area (Å²) in [5.41, 5.74) is 6.67. The fourth-order valence-electron chi connectivity index (χ4n) is 6.61. The maximum Gasteiger partial charge on any atom is 0.342 e. The lowest BCUT2D eigenvalue weighted by Crippen LogP contribution is -2.22. The zero-order chi connectivity index (χ0) is 45.3. The first-order valence-electron chi connectivity index (χ1n) is 19.9. The van der Waals surface area contributed by atoms with Crippen molar-refractivity contribution in [3.63, 3.8) is 0 Å². The van der Waals surface area contributed by atoms with E-state index in [2.05, 4.69) is 39.6 Å². The summed E-state index contributed by atoms with van der Waals surface area (Å²) in [7, 11) is 8.08. The van der Waals surface area contributed by atoms with Crippen molar-refractivity contribution in [2.24, 2.45) is 0 Å². The van der Waals surface area contributed by atoms with Gasteiger partial charge in [0.05, 0.1) is 79.7 Å². The number of ether oxygens (including phenoxy) is 9. The van der Waals surface area contributed by atoms with Crippen molar-refractivity contribution in [2.75, 3.05) is 62.5 Å². The second-order valence-corrected chi connectivity index (χ2v) is 20.6. The molecule has 0 aliphatic heterocycles. The Hall–Kier alpha value is -6.40. The highest BCUT2D eigenvalue weighted by Gasteiger charge is 2.26. The summed E-state index contributed by atoms with van der Waals surface area (Å²) in [5, 5.41) is 0. The quantitative estimate of drug-likeness (QED) is 0.0526. The van der Waals surface area contributed by atoms with Crippen molar-refractivity contribution >= 4 is 42.3 Å². The average Bonchev–Trinajstić information content (AvgIpc) is 3.74. The maximum absolute atomic E-state index is 12.9. The van der Waals surface area contributed by atoms with Gasteiger partial charge in [0.15, 0.2) is 34.3 Å². The third-order valence-electron chi connectivity index (χ3n) is 9.80. The van der Waals surface area contributed by atoms with Crippen LogP contribution in [0.25, 0.3) is 44.8 Å². The number of hydrogen-bond donors (Lipinski definition) is 1. The van der Waals surface area contributed by atoms with Crippen LogP contribution in [0.5, 0.6) is 34.5 Å². The Morgan fingerprint density at radius 3 is 1.58 bits per heavy atom. The molecule has 2 aromatic carbocycles. The first-order chi connectivity index (χ1) is 29.7. The summed E-state index contributed by atoms with van der Waals surface area (Å²) in [6.07, 6.45) is 3.28. The number of carbonyl (C=O) groups excluding carboxylic acids is 2. The number of benzene rings is 2. The molecule has 1 N–H and O–H groups in total. The molecule has 62 heavy (non-hydrogen) atoms. The number of methoxy groups -OCH3 is 6. The van der Waals surface area contributed by atoms with E-state index < -0.39 is 20.0 Å². The van der Waals surface area contributed by atoms with Crippen molar-refractivity contribution in [3.8, 4) is 57.0 Å². The van der Waals surface area contributed by atoms with Crippen LogP contribution in [0.3, 0.4) is 0 Å². The number of aryl methyl sites for hydroxylation is 1. The van der Waals surface area contributed by atoms with Crippen LogP contribution in [0.15, 0.2) is 36.7 Å². The number of fused-ring (bicyclic) bond motifs is 2. The smallest absolute Gasteiger partial charge is 0.342 e. The molecular formula is C44H56N6O11Si. The Balaban J connectivity index is 0.000000242. The van der Waals surface area contributed by atoms with Crippen molar-refractivity contribution < 1.29 is 52.2 Å². The van der Waals surface area contributed by atoms with Gasteiger partial charge in [0.2, 0.25) is 11.5 Å². The van der Waals surface area contributed by atoms with E-state index in [-0.39, 0.29) is 19.9 Å². The van der Waals surface area contributed by atoms with Gasteiger partial charge in [-0.25, -0.2) is 29.5 Å². The van der Waals surface area contributed by atoms with Gasteiger partial charge in [-0.1, -0.05) is 19.6 Å². The van der Waals surface area contributed by atoms with Gasteiger partial charge in [0.25, 0.3) is 0 Å². The molecule has 0 fully saturated rings. The standard InChI is InChI=1S/C25H35N3O6Si.C19H21N3O5/c1-9-34-25(29)21-16(2)28(15-33-10-11-35(6,7)8)24-22(21)27-18(14-26-24)17-12-19(30-3)23(32-5)20(13-17)31-4;1-6-27-19(23)15-10(2)21-18-16(15)22-12(9-20-18)11-7-13(24-3)17(26-5)14(8-11)25-4/h12-14H,9-11,15H2,1-8H3;7-9H,6H2,1-5H3,(H,20,21). The Kier molecular flexibility index (Phi) is 15.4. The van der Waals surface area contributed by atoms with Crippen molar-refractivity contribution in [1.82, 2.24) is 29.5 Å². The highest BCUT2D eigenvalue weighted by Crippen LogP contribution is 2.42. The zero-order valence-corrected chi connectivity index (χ0v) is 38.7. The lowest BCUT2D eigenvalue weighted by molar-refractivity contribution is 0.0516. The third-order valence-corrected chi connectivity index (χ3v) is 11.5. The molecule has 18 heteroatoms. The van der Waals surface area contributed by atoms with E-state index in [0.717, 1.165) is 6.04 Å². The fourth-order valence-corrected chi connectivity index (χ4v) is 7.37. The summed E-state index contributed by atoms with van der Waals surface area (Å²) in [5.74, 6) is 2.11. The molecule has 0 radical (unpaired) electrons. The monoisotopic (exact) mass is 872 g/mol. The number of aromatic amines is 1. The van der Waals surface area contributed by atoms with Crippen LogP contribution >= 0.6 is 0 Å². The minimum atomic E-state index is -1.22. The predicted molar refractivity (Wildman–Crippen MR) is 237 cm³/mol.